The van der Waals surface area contributed by atoms with Gasteiger partial charge in [-0.15, -0.1) is 0 Å². The molecule has 0 bridgehead atoms. The molecule has 4 rings (SSSR count). The van der Waals surface area contributed by atoms with Crippen LogP contribution in [0.4, 0.5) is 4.39 Å². The first-order valence-corrected chi connectivity index (χ1v) is 9.90. The Labute approximate surface area is 170 Å². The molecule has 1 atom stereocenters. The van der Waals surface area contributed by atoms with Crippen molar-refractivity contribution in [2.45, 2.75) is 25.3 Å². The number of hydrogen-bond donors (Lipinski definition) is 1. The molecule has 3 aromatic rings. The van der Waals surface area contributed by atoms with Gasteiger partial charge < -0.3 is 9.47 Å². The van der Waals surface area contributed by atoms with E-state index in [0.717, 1.165) is 66.4 Å². The van der Waals surface area contributed by atoms with E-state index in [0.29, 0.717) is 5.92 Å². The highest BCUT2D eigenvalue weighted by Gasteiger charge is 2.26. The third-order valence-corrected chi connectivity index (χ3v) is 5.61. The zero-order chi connectivity index (χ0) is 20.2. The Morgan fingerprint density at radius 2 is 2.07 bits per heavy atom. The highest BCUT2D eigenvalue weighted by molar-refractivity contribution is 5.65. The molecule has 1 aromatic heterocycles. The van der Waals surface area contributed by atoms with Gasteiger partial charge in [-0.05, 0) is 43.1 Å². The highest BCUT2D eigenvalue weighted by Crippen LogP contribution is 2.34. The number of rotatable bonds is 6. The van der Waals surface area contributed by atoms with Gasteiger partial charge in [-0.2, -0.15) is 5.10 Å². The van der Waals surface area contributed by atoms with Crippen LogP contribution >= 0.6 is 0 Å². The number of nitrogens with zero attached hydrogens (tertiary/aromatic N) is 2. The van der Waals surface area contributed by atoms with Crippen molar-refractivity contribution in [2.75, 3.05) is 27.3 Å². The van der Waals surface area contributed by atoms with Gasteiger partial charge in [0.15, 0.2) is 0 Å². The predicted molar refractivity (Wildman–Crippen MR) is 111 cm³/mol. The van der Waals surface area contributed by atoms with Crippen LogP contribution in [-0.2, 0) is 6.54 Å². The molecule has 6 heteroatoms. The van der Waals surface area contributed by atoms with Crippen LogP contribution < -0.4 is 9.47 Å². The second-order valence-corrected chi connectivity index (χ2v) is 7.46. The molecule has 5 nitrogen and oxygen atoms in total. The van der Waals surface area contributed by atoms with E-state index >= 15 is 0 Å². The van der Waals surface area contributed by atoms with Gasteiger partial charge in [0.1, 0.15) is 17.3 Å². The van der Waals surface area contributed by atoms with Crippen LogP contribution in [0.1, 0.15) is 30.0 Å². The molecular weight excluding hydrogens is 369 g/mol. The summed E-state index contributed by atoms with van der Waals surface area (Å²) >= 11 is 0. The quantitative estimate of drug-likeness (QED) is 0.662. The summed E-state index contributed by atoms with van der Waals surface area (Å²) in [7, 11) is 3.34. The Balaban J connectivity index is 1.52. The number of nitrogens with one attached hydrogen (secondary N) is 1. The number of benzene rings is 2. The van der Waals surface area contributed by atoms with Gasteiger partial charge >= 0.3 is 0 Å². The van der Waals surface area contributed by atoms with E-state index in [9.17, 15) is 4.39 Å². The summed E-state index contributed by atoms with van der Waals surface area (Å²) in [6.07, 6.45) is 3.99. The number of aromatic amines is 1. The molecule has 0 spiro atoms. The van der Waals surface area contributed by atoms with Crippen molar-refractivity contribution in [2.24, 2.45) is 0 Å². The maximum Gasteiger partial charge on any atom is 0.127 e. The van der Waals surface area contributed by atoms with Crippen LogP contribution in [0.5, 0.6) is 11.5 Å². The Hall–Kier alpha value is -2.86. The number of aromatic nitrogens is 2. The lowest BCUT2D eigenvalue weighted by Gasteiger charge is -2.33. The summed E-state index contributed by atoms with van der Waals surface area (Å²) in [6, 6.07) is 12.7. The van der Waals surface area contributed by atoms with E-state index in [4.69, 9.17) is 9.47 Å². The molecule has 0 aliphatic carbocycles. The van der Waals surface area contributed by atoms with Gasteiger partial charge in [0.25, 0.3) is 0 Å². The van der Waals surface area contributed by atoms with Crippen molar-refractivity contribution in [1.29, 1.82) is 0 Å². The molecule has 0 amide bonds. The lowest BCUT2D eigenvalue weighted by Crippen LogP contribution is -2.34. The van der Waals surface area contributed by atoms with Crippen molar-refractivity contribution in [3.63, 3.8) is 0 Å². The van der Waals surface area contributed by atoms with Crippen molar-refractivity contribution in [3.8, 4) is 22.6 Å². The summed E-state index contributed by atoms with van der Waals surface area (Å²) in [5, 5.41) is 7.43. The Morgan fingerprint density at radius 3 is 2.86 bits per heavy atom. The average Bonchev–Trinajstić information content (AvgIpc) is 3.24. The molecule has 152 valence electrons. The number of piperidine rings is 1. The number of hydrogen-bond acceptors (Lipinski definition) is 4. The molecule has 2 aromatic carbocycles. The Morgan fingerprint density at radius 1 is 1.17 bits per heavy atom. The smallest absolute Gasteiger partial charge is 0.127 e. The summed E-state index contributed by atoms with van der Waals surface area (Å²) < 4.78 is 24.6. The number of likely N-dealkylation sites (tertiary alicyclic amines) is 1. The molecule has 1 aliphatic rings. The normalized spacial score (nSPS) is 17.3. The van der Waals surface area contributed by atoms with Gasteiger partial charge in [-0.1, -0.05) is 18.2 Å². The van der Waals surface area contributed by atoms with Crippen molar-refractivity contribution in [3.05, 3.63) is 65.7 Å². The molecule has 1 fully saturated rings. The van der Waals surface area contributed by atoms with Crippen LogP contribution in [0.15, 0.2) is 48.7 Å². The zero-order valence-corrected chi connectivity index (χ0v) is 16.8. The molecule has 0 radical (unpaired) electrons. The fraction of sp³-hybridized carbons (Fsp3) is 0.348. The Kier molecular flexibility index (Phi) is 5.81. The maximum atomic E-state index is 13.7. The van der Waals surface area contributed by atoms with E-state index < -0.39 is 0 Å². The van der Waals surface area contributed by atoms with Gasteiger partial charge in [0.2, 0.25) is 0 Å². The third-order valence-electron chi connectivity index (χ3n) is 5.61. The first-order chi connectivity index (χ1) is 14.2. The SMILES string of the molecule is COc1ccc(CN2CCC[C@@H](c3[nH]ncc3-c3cccc(F)c3)C2)c(OC)c1. The Bertz CT molecular complexity index is 972. The molecule has 1 saturated heterocycles. The number of ether oxygens (including phenoxy) is 2. The van der Waals surface area contributed by atoms with E-state index in [2.05, 4.69) is 21.2 Å². The van der Waals surface area contributed by atoms with Crippen molar-refractivity contribution >= 4 is 0 Å². The minimum Gasteiger partial charge on any atom is -0.497 e. The highest BCUT2D eigenvalue weighted by atomic mass is 19.1. The van der Waals surface area contributed by atoms with E-state index in [1.807, 2.05) is 18.2 Å². The molecule has 1 N–H and O–H groups in total. The lowest BCUT2D eigenvalue weighted by atomic mass is 9.90. The van der Waals surface area contributed by atoms with Crippen molar-refractivity contribution < 1.29 is 13.9 Å². The summed E-state index contributed by atoms with van der Waals surface area (Å²) in [5.41, 5.74) is 4.08. The largest absolute Gasteiger partial charge is 0.497 e. The lowest BCUT2D eigenvalue weighted by molar-refractivity contribution is 0.196. The first-order valence-electron chi connectivity index (χ1n) is 9.90. The zero-order valence-electron chi connectivity index (χ0n) is 16.8. The number of methoxy groups -OCH3 is 2. The maximum absolute atomic E-state index is 13.7. The first kappa shape index (κ1) is 19.5. The van der Waals surface area contributed by atoms with Gasteiger partial charge in [-0.3, -0.25) is 10.00 Å². The topological polar surface area (TPSA) is 50.4 Å². The second-order valence-electron chi connectivity index (χ2n) is 7.46. The molecule has 0 unspecified atom stereocenters. The summed E-state index contributed by atoms with van der Waals surface area (Å²) in [4.78, 5) is 2.44. The molecule has 29 heavy (non-hydrogen) atoms. The molecule has 1 aliphatic heterocycles. The van der Waals surface area contributed by atoms with E-state index in [1.54, 1.807) is 32.5 Å². The average molecular weight is 395 g/mol. The van der Waals surface area contributed by atoms with Crippen LogP contribution in [0.2, 0.25) is 0 Å². The monoisotopic (exact) mass is 395 g/mol. The summed E-state index contributed by atoms with van der Waals surface area (Å²) in [5.74, 6) is 1.73. The van der Waals surface area contributed by atoms with Crippen LogP contribution in [0.25, 0.3) is 11.1 Å². The fourth-order valence-corrected chi connectivity index (χ4v) is 4.15. The number of H-pyrrole nitrogens is 1. The second kappa shape index (κ2) is 8.66. The molecule has 0 saturated carbocycles. The van der Waals surface area contributed by atoms with Gasteiger partial charge in [-0.25, -0.2) is 4.39 Å². The minimum atomic E-state index is -0.230. The van der Waals surface area contributed by atoms with Gasteiger partial charge in [0.05, 0.1) is 20.4 Å². The van der Waals surface area contributed by atoms with Crippen LogP contribution in [0.3, 0.4) is 0 Å². The standard InChI is InChI=1S/C23H26FN3O2/c1-28-20-9-8-17(22(12-20)29-2)14-27-10-4-6-18(15-27)23-21(13-25-26-23)16-5-3-7-19(24)11-16/h3,5,7-9,11-13,18H,4,6,10,14-15H2,1-2H3,(H,25,26)/t18-/m1/s1. The predicted octanol–water partition coefficient (Wildman–Crippen LogP) is 4.61. The minimum absolute atomic E-state index is 0.230. The van der Waals surface area contributed by atoms with E-state index in [-0.39, 0.29) is 5.82 Å². The molecular formula is C23H26FN3O2. The van der Waals surface area contributed by atoms with E-state index in [1.165, 1.54) is 6.07 Å². The third kappa shape index (κ3) is 4.27. The van der Waals surface area contributed by atoms with Gasteiger partial charge in [0, 0.05) is 41.9 Å². The van der Waals surface area contributed by atoms with Crippen LogP contribution in [0, 0.1) is 5.82 Å². The number of halogens is 1. The molecule has 2 heterocycles. The fourth-order valence-electron chi connectivity index (χ4n) is 4.15. The van der Waals surface area contributed by atoms with Crippen LogP contribution in [-0.4, -0.2) is 42.4 Å². The summed E-state index contributed by atoms with van der Waals surface area (Å²) in [6.45, 7) is 2.77. The van der Waals surface area contributed by atoms with Crippen molar-refractivity contribution in [1.82, 2.24) is 15.1 Å².